The smallest absolute Gasteiger partial charge is 0.243 e. The fraction of sp³-hybridized carbons (Fsp3) is 0.333. The van der Waals surface area contributed by atoms with Gasteiger partial charge in [-0.25, -0.2) is 8.42 Å². The summed E-state index contributed by atoms with van der Waals surface area (Å²) in [5.41, 5.74) is 2.10. The molecule has 1 heterocycles. The topological polar surface area (TPSA) is 40.6 Å². The molecule has 0 bridgehead atoms. The number of benzene rings is 2. The molecule has 0 amide bonds. The third-order valence-electron chi connectivity index (χ3n) is 4.23. The predicted molar refractivity (Wildman–Crippen MR) is 96.7 cm³/mol. The summed E-state index contributed by atoms with van der Waals surface area (Å²) in [4.78, 5) is 2.56. The van der Waals surface area contributed by atoms with Crippen molar-refractivity contribution in [2.24, 2.45) is 0 Å². The number of aryl methyl sites for hydroxylation is 1. The van der Waals surface area contributed by atoms with E-state index in [0.717, 1.165) is 25.2 Å². The zero-order chi connectivity index (χ0) is 17.2. The Morgan fingerprint density at radius 2 is 1.67 bits per heavy atom. The number of piperazine rings is 1. The van der Waals surface area contributed by atoms with E-state index in [1.54, 1.807) is 16.4 Å². The van der Waals surface area contributed by atoms with Crippen LogP contribution in [0.4, 0.5) is 0 Å². The molecule has 0 unspecified atom stereocenters. The van der Waals surface area contributed by atoms with Gasteiger partial charge in [0, 0.05) is 37.7 Å². The highest BCUT2D eigenvalue weighted by Gasteiger charge is 2.28. The third-order valence-corrected chi connectivity index (χ3v) is 6.33. The molecule has 1 saturated heterocycles. The largest absolute Gasteiger partial charge is 0.296 e. The van der Waals surface area contributed by atoms with Crippen LogP contribution in [0.25, 0.3) is 0 Å². The van der Waals surface area contributed by atoms with E-state index in [-0.39, 0.29) is 4.90 Å². The van der Waals surface area contributed by atoms with Crippen LogP contribution in [0.15, 0.2) is 53.4 Å². The fourth-order valence-electron chi connectivity index (χ4n) is 2.97. The molecule has 24 heavy (non-hydrogen) atoms. The Kier molecular flexibility index (Phi) is 5.25. The molecule has 3 rings (SSSR count). The van der Waals surface area contributed by atoms with E-state index in [0.29, 0.717) is 18.1 Å². The van der Waals surface area contributed by atoms with Gasteiger partial charge in [0.2, 0.25) is 10.0 Å². The second-order valence-electron chi connectivity index (χ2n) is 6.13. The number of sulfonamides is 1. The van der Waals surface area contributed by atoms with Crippen LogP contribution >= 0.6 is 11.6 Å². The van der Waals surface area contributed by atoms with E-state index in [4.69, 9.17) is 11.6 Å². The van der Waals surface area contributed by atoms with Gasteiger partial charge in [-0.2, -0.15) is 4.31 Å². The van der Waals surface area contributed by atoms with Crippen molar-refractivity contribution in [3.05, 3.63) is 64.7 Å². The van der Waals surface area contributed by atoms with Gasteiger partial charge >= 0.3 is 0 Å². The summed E-state index contributed by atoms with van der Waals surface area (Å²) in [7, 11) is -3.48. The van der Waals surface area contributed by atoms with Gasteiger partial charge in [0.1, 0.15) is 0 Å². The summed E-state index contributed by atoms with van der Waals surface area (Å²) in [6.07, 6.45) is 0. The van der Waals surface area contributed by atoms with Gasteiger partial charge < -0.3 is 0 Å². The Balaban J connectivity index is 1.67. The molecule has 128 valence electrons. The van der Waals surface area contributed by atoms with Crippen LogP contribution < -0.4 is 0 Å². The predicted octanol–water partition coefficient (Wildman–Crippen LogP) is 3.15. The van der Waals surface area contributed by atoms with Crippen LogP contribution in [-0.4, -0.2) is 43.8 Å². The van der Waals surface area contributed by atoms with Crippen molar-refractivity contribution < 1.29 is 8.42 Å². The zero-order valence-corrected chi connectivity index (χ0v) is 15.2. The summed E-state index contributed by atoms with van der Waals surface area (Å²) >= 11 is 6.02. The Bertz CT molecular complexity index is 781. The van der Waals surface area contributed by atoms with E-state index in [1.165, 1.54) is 11.6 Å². The van der Waals surface area contributed by atoms with E-state index >= 15 is 0 Å². The minimum absolute atomic E-state index is 0.281. The van der Waals surface area contributed by atoms with Gasteiger partial charge in [-0.15, -0.1) is 0 Å². The van der Waals surface area contributed by atoms with Crippen LogP contribution in [-0.2, 0) is 16.6 Å². The SMILES string of the molecule is Cc1cc(Cl)cc(S(=O)(=O)N2CCN(Cc3ccccc3)CC2)c1. The van der Waals surface area contributed by atoms with Crippen molar-refractivity contribution in [1.29, 1.82) is 0 Å². The number of hydrogen-bond acceptors (Lipinski definition) is 3. The molecule has 0 saturated carbocycles. The monoisotopic (exact) mass is 364 g/mol. The Hall–Kier alpha value is -1.40. The standard InChI is InChI=1S/C18H21ClN2O2S/c1-15-11-17(19)13-18(12-15)24(22,23)21-9-7-20(8-10-21)14-16-5-3-2-4-6-16/h2-6,11-13H,7-10,14H2,1H3. The first-order valence-corrected chi connectivity index (χ1v) is 9.80. The molecule has 1 aliphatic rings. The molecule has 0 atom stereocenters. The Morgan fingerprint density at radius 1 is 1.00 bits per heavy atom. The normalized spacial score (nSPS) is 17.1. The summed E-state index contributed by atoms with van der Waals surface area (Å²) in [5.74, 6) is 0. The maximum Gasteiger partial charge on any atom is 0.243 e. The van der Waals surface area contributed by atoms with E-state index in [2.05, 4.69) is 17.0 Å². The van der Waals surface area contributed by atoms with Crippen LogP contribution in [0, 0.1) is 6.92 Å². The molecule has 0 N–H and O–H groups in total. The minimum Gasteiger partial charge on any atom is -0.296 e. The Labute approximate surface area is 148 Å². The molecule has 2 aromatic carbocycles. The van der Waals surface area contributed by atoms with Crippen molar-refractivity contribution in [1.82, 2.24) is 9.21 Å². The van der Waals surface area contributed by atoms with Crippen molar-refractivity contribution >= 4 is 21.6 Å². The number of halogens is 1. The molecule has 0 spiro atoms. The maximum absolute atomic E-state index is 12.8. The molecule has 2 aromatic rings. The van der Waals surface area contributed by atoms with Crippen LogP contribution in [0.2, 0.25) is 5.02 Å². The molecule has 0 radical (unpaired) electrons. The van der Waals surface area contributed by atoms with E-state index in [1.807, 2.05) is 25.1 Å². The first-order chi connectivity index (χ1) is 11.4. The lowest BCUT2D eigenvalue weighted by Crippen LogP contribution is -2.48. The quantitative estimate of drug-likeness (QED) is 0.836. The van der Waals surface area contributed by atoms with Gasteiger partial charge in [-0.1, -0.05) is 41.9 Å². The maximum atomic E-state index is 12.8. The van der Waals surface area contributed by atoms with Crippen molar-refractivity contribution in [3.8, 4) is 0 Å². The van der Waals surface area contributed by atoms with Gasteiger partial charge in [0.05, 0.1) is 4.90 Å². The van der Waals surface area contributed by atoms with Gasteiger partial charge in [-0.05, 0) is 36.2 Å². The Morgan fingerprint density at radius 3 is 2.29 bits per heavy atom. The molecular formula is C18H21ClN2O2S. The lowest BCUT2D eigenvalue weighted by molar-refractivity contribution is 0.181. The third kappa shape index (κ3) is 3.98. The lowest BCUT2D eigenvalue weighted by Gasteiger charge is -2.34. The zero-order valence-electron chi connectivity index (χ0n) is 13.7. The minimum atomic E-state index is -3.48. The number of hydrogen-bond donors (Lipinski definition) is 0. The highest BCUT2D eigenvalue weighted by Crippen LogP contribution is 2.23. The van der Waals surface area contributed by atoms with Crippen LogP contribution in [0.1, 0.15) is 11.1 Å². The molecule has 1 aliphatic heterocycles. The average molecular weight is 365 g/mol. The average Bonchev–Trinajstić information content (AvgIpc) is 2.55. The molecule has 1 fully saturated rings. The fourth-order valence-corrected chi connectivity index (χ4v) is 4.88. The first kappa shape index (κ1) is 17.4. The molecule has 6 heteroatoms. The van der Waals surface area contributed by atoms with Crippen molar-refractivity contribution in [2.45, 2.75) is 18.4 Å². The van der Waals surface area contributed by atoms with E-state index in [9.17, 15) is 8.42 Å². The van der Waals surface area contributed by atoms with Crippen molar-refractivity contribution in [2.75, 3.05) is 26.2 Å². The summed E-state index contributed by atoms with van der Waals surface area (Å²) in [6.45, 7) is 5.16. The van der Waals surface area contributed by atoms with Crippen molar-refractivity contribution in [3.63, 3.8) is 0 Å². The second kappa shape index (κ2) is 7.23. The van der Waals surface area contributed by atoms with E-state index < -0.39 is 10.0 Å². The van der Waals surface area contributed by atoms with Crippen LogP contribution in [0.3, 0.4) is 0 Å². The first-order valence-electron chi connectivity index (χ1n) is 7.99. The van der Waals surface area contributed by atoms with Gasteiger partial charge in [-0.3, -0.25) is 4.90 Å². The number of rotatable bonds is 4. The molecular weight excluding hydrogens is 344 g/mol. The van der Waals surface area contributed by atoms with Gasteiger partial charge in [0.15, 0.2) is 0 Å². The summed E-state index contributed by atoms with van der Waals surface area (Å²) < 4.78 is 27.2. The molecule has 0 aliphatic carbocycles. The summed E-state index contributed by atoms with van der Waals surface area (Å²) in [6, 6.07) is 15.2. The number of nitrogens with zero attached hydrogens (tertiary/aromatic N) is 2. The highest BCUT2D eigenvalue weighted by atomic mass is 35.5. The second-order valence-corrected chi connectivity index (χ2v) is 8.50. The summed E-state index contributed by atoms with van der Waals surface area (Å²) in [5, 5.41) is 0.455. The van der Waals surface area contributed by atoms with Crippen LogP contribution in [0.5, 0.6) is 0 Å². The molecule has 4 nitrogen and oxygen atoms in total. The highest BCUT2D eigenvalue weighted by molar-refractivity contribution is 7.89. The van der Waals surface area contributed by atoms with Gasteiger partial charge in [0.25, 0.3) is 0 Å². The molecule has 0 aromatic heterocycles. The lowest BCUT2D eigenvalue weighted by atomic mass is 10.2.